The maximum atomic E-state index is 11.8. The van der Waals surface area contributed by atoms with Gasteiger partial charge in [-0.05, 0) is 80.0 Å². The second kappa shape index (κ2) is 5.61. The minimum atomic E-state index is 0.422. The first-order chi connectivity index (χ1) is 10.6. The second-order valence-electron chi connectivity index (χ2n) is 8.92. The van der Waals surface area contributed by atoms with Gasteiger partial charge < -0.3 is 4.74 Å². The molecule has 0 aliphatic heterocycles. The normalized spacial score (nSPS) is 51.6. The Morgan fingerprint density at radius 2 is 1.86 bits per heavy atom. The number of fused-ring (bicyclic) bond motifs is 5. The van der Waals surface area contributed by atoms with Crippen molar-refractivity contribution in [2.24, 2.45) is 35.0 Å². The lowest BCUT2D eigenvalue weighted by Gasteiger charge is -2.59. The van der Waals surface area contributed by atoms with Crippen molar-refractivity contribution < 1.29 is 9.53 Å². The summed E-state index contributed by atoms with van der Waals surface area (Å²) in [4.78, 5) is 11.8. The minimum absolute atomic E-state index is 0.422. The molecule has 0 aromatic carbocycles. The van der Waals surface area contributed by atoms with Gasteiger partial charge in [0, 0.05) is 20.0 Å². The molecule has 0 radical (unpaired) electrons. The van der Waals surface area contributed by atoms with Crippen LogP contribution >= 0.6 is 0 Å². The van der Waals surface area contributed by atoms with E-state index in [1.54, 1.807) is 0 Å². The van der Waals surface area contributed by atoms with Crippen LogP contribution in [0.2, 0.25) is 0 Å². The van der Waals surface area contributed by atoms with Crippen LogP contribution in [0.5, 0.6) is 0 Å². The lowest BCUT2D eigenvalue weighted by molar-refractivity contribution is -0.149. The van der Waals surface area contributed by atoms with E-state index in [4.69, 9.17) is 4.74 Å². The molecule has 0 heterocycles. The summed E-state index contributed by atoms with van der Waals surface area (Å²) in [5.74, 6) is 4.85. The molecule has 4 aliphatic carbocycles. The van der Waals surface area contributed by atoms with Gasteiger partial charge in [0.2, 0.25) is 0 Å². The highest BCUT2D eigenvalue weighted by molar-refractivity contribution is 5.79. The summed E-state index contributed by atoms with van der Waals surface area (Å²) in [6, 6.07) is 0. The Balaban J connectivity index is 1.57. The zero-order valence-electron chi connectivity index (χ0n) is 14.4. The third-order valence-corrected chi connectivity index (χ3v) is 8.20. The van der Waals surface area contributed by atoms with Crippen LogP contribution in [-0.2, 0) is 9.53 Å². The fraction of sp³-hybridized carbons (Fsp3) is 0.950. The van der Waals surface area contributed by atoms with Crippen LogP contribution in [0.15, 0.2) is 0 Å². The molecule has 2 nitrogen and oxygen atoms in total. The first-order valence-corrected chi connectivity index (χ1v) is 9.68. The molecule has 0 bridgehead atoms. The van der Waals surface area contributed by atoms with Crippen molar-refractivity contribution >= 4 is 5.78 Å². The highest BCUT2D eigenvalue weighted by Crippen LogP contribution is 2.61. The Kier molecular flexibility index (Phi) is 3.87. The van der Waals surface area contributed by atoms with Crippen LogP contribution in [0.25, 0.3) is 0 Å². The van der Waals surface area contributed by atoms with Gasteiger partial charge in [0.15, 0.2) is 0 Å². The van der Waals surface area contributed by atoms with Crippen LogP contribution in [0.1, 0.15) is 71.1 Å². The first-order valence-electron chi connectivity index (χ1n) is 9.68. The van der Waals surface area contributed by atoms with Gasteiger partial charge in [-0.2, -0.15) is 0 Å². The van der Waals surface area contributed by atoms with Crippen molar-refractivity contribution in [3.05, 3.63) is 0 Å². The summed E-state index contributed by atoms with van der Waals surface area (Å²) >= 11 is 0. The number of carbonyl (C=O) groups excluding carboxylic acids is 1. The highest BCUT2D eigenvalue weighted by Gasteiger charge is 2.55. The number of Topliss-reactive ketones (excluding diaryl/α,β-unsaturated/α-hetero) is 1. The molecule has 0 amide bonds. The van der Waals surface area contributed by atoms with Crippen molar-refractivity contribution in [1.82, 2.24) is 0 Å². The van der Waals surface area contributed by atoms with E-state index in [0.29, 0.717) is 17.3 Å². The molecular formula is C20H32O2. The lowest BCUT2D eigenvalue weighted by atomic mass is 9.47. The molecular weight excluding hydrogens is 272 g/mol. The van der Waals surface area contributed by atoms with E-state index >= 15 is 0 Å². The number of carbonyl (C=O) groups is 1. The Morgan fingerprint density at radius 3 is 2.68 bits per heavy atom. The molecule has 22 heavy (non-hydrogen) atoms. The van der Waals surface area contributed by atoms with Gasteiger partial charge >= 0.3 is 0 Å². The maximum absolute atomic E-state index is 11.8. The van der Waals surface area contributed by atoms with Gasteiger partial charge in [-0.1, -0.05) is 13.3 Å². The summed E-state index contributed by atoms with van der Waals surface area (Å²) in [6.45, 7) is 2.53. The van der Waals surface area contributed by atoms with Crippen LogP contribution < -0.4 is 0 Å². The molecule has 124 valence electrons. The Morgan fingerprint density at radius 1 is 1.00 bits per heavy atom. The average Bonchev–Trinajstić information content (AvgIpc) is 2.53. The lowest BCUT2D eigenvalue weighted by Crippen LogP contribution is -2.54. The summed E-state index contributed by atoms with van der Waals surface area (Å²) in [5, 5.41) is 0. The van der Waals surface area contributed by atoms with Crippen LogP contribution in [0.3, 0.4) is 0 Å². The van der Waals surface area contributed by atoms with Gasteiger partial charge in [0.1, 0.15) is 5.78 Å². The van der Waals surface area contributed by atoms with E-state index in [0.717, 1.165) is 42.4 Å². The number of ether oxygens (including phenoxy) is 1. The van der Waals surface area contributed by atoms with Gasteiger partial charge in [0.25, 0.3) is 0 Å². The monoisotopic (exact) mass is 304 g/mol. The predicted molar refractivity (Wildman–Crippen MR) is 87.5 cm³/mol. The zero-order chi connectivity index (χ0) is 15.3. The highest BCUT2D eigenvalue weighted by atomic mass is 16.5. The van der Waals surface area contributed by atoms with E-state index in [9.17, 15) is 4.79 Å². The number of rotatable bonds is 1. The number of hydrogen-bond donors (Lipinski definition) is 0. The predicted octanol–water partition coefficient (Wildman–Crippen LogP) is 4.61. The van der Waals surface area contributed by atoms with Crippen LogP contribution in [-0.4, -0.2) is 19.0 Å². The van der Waals surface area contributed by atoms with Crippen molar-refractivity contribution in [3.8, 4) is 0 Å². The van der Waals surface area contributed by atoms with Crippen molar-refractivity contribution in [2.45, 2.75) is 77.2 Å². The molecule has 4 aliphatic rings. The molecule has 0 spiro atoms. The Hall–Kier alpha value is -0.370. The maximum Gasteiger partial charge on any atom is 0.133 e. The van der Waals surface area contributed by atoms with Gasteiger partial charge in [0.05, 0.1) is 6.10 Å². The molecule has 0 N–H and O–H groups in total. The van der Waals surface area contributed by atoms with Crippen molar-refractivity contribution in [3.63, 3.8) is 0 Å². The molecule has 4 fully saturated rings. The molecule has 4 saturated carbocycles. The minimum Gasteiger partial charge on any atom is -0.381 e. The van der Waals surface area contributed by atoms with Gasteiger partial charge in [-0.15, -0.1) is 0 Å². The summed E-state index contributed by atoms with van der Waals surface area (Å²) < 4.78 is 5.92. The van der Waals surface area contributed by atoms with Crippen LogP contribution in [0.4, 0.5) is 0 Å². The second-order valence-corrected chi connectivity index (χ2v) is 8.92. The van der Waals surface area contributed by atoms with Gasteiger partial charge in [-0.25, -0.2) is 0 Å². The third kappa shape index (κ3) is 2.20. The zero-order valence-corrected chi connectivity index (χ0v) is 14.4. The fourth-order valence-corrected chi connectivity index (χ4v) is 7.19. The van der Waals surface area contributed by atoms with Crippen LogP contribution in [0, 0.1) is 35.0 Å². The number of methoxy groups -OCH3 is 1. The van der Waals surface area contributed by atoms with E-state index < -0.39 is 0 Å². The third-order valence-electron chi connectivity index (χ3n) is 8.20. The number of hydrogen-bond acceptors (Lipinski definition) is 2. The molecule has 0 saturated heterocycles. The van der Waals surface area contributed by atoms with E-state index in [1.165, 1.54) is 51.4 Å². The van der Waals surface area contributed by atoms with E-state index in [2.05, 4.69) is 6.92 Å². The smallest absolute Gasteiger partial charge is 0.133 e. The quantitative estimate of drug-likeness (QED) is 0.707. The van der Waals surface area contributed by atoms with Crippen molar-refractivity contribution in [1.29, 1.82) is 0 Å². The summed E-state index contributed by atoms with van der Waals surface area (Å²) in [7, 11) is 1.92. The van der Waals surface area contributed by atoms with Gasteiger partial charge in [-0.3, -0.25) is 4.79 Å². The molecule has 0 aromatic heterocycles. The van der Waals surface area contributed by atoms with E-state index in [-0.39, 0.29) is 0 Å². The van der Waals surface area contributed by atoms with E-state index in [1.807, 2.05) is 7.11 Å². The average molecular weight is 304 g/mol. The summed E-state index contributed by atoms with van der Waals surface area (Å²) in [5.41, 5.74) is 0.422. The topological polar surface area (TPSA) is 26.3 Å². The Labute approximate surface area is 135 Å². The fourth-order valence-electron chi connectivity index (χ4n) is 7.19. The molecule has 2 heteroatoms. The molecule has 0 aromatic rings. The summed E-state index contributed by atoms with van der Waals surface area (Å²) in [6.07, 6.45) is 13.0. The Bertz CT molecular complexity index is 445. The molecule has 7 atom stereocenters. The largest absolute Gasteiger partial charge is 0.381 e. The molecule has 4 rings (SSSR count). The van der Waals surface area contributed by atoms with Crippen molar-refractivity contribution in [2.75, 3.05) is 7.11 Å². The first kappa shape index (κ1) is 15.2. The SMILES string of the molecule is CO[C@H]1CCC[C@H]2[C@@H]3CC[C@@H]4CC(=O)CCC4[C@H]3CC[C@]12C. The standard InChI is InChI=1S/C20H32O2/c1-20-11-10-16-15-9-7-14(21)12-13(15)6-8-17(16)18(20)4-3-5-19(20)22-2/h13,15-19H,3-12H2,1-2H3/t13-,15?,16-,17-,18+,19+,20+/m1/s1. The molecule has 1 unspecified atom stereocenters. The number of ketones is 1.